The number of ether oxygens (including phenoxy) is 1. The molecule has 1 aromatic rings. The normalized spacial score (nSPS) is 20.3. The Kier molecular flexibility index (Phi) is 4.14. The van der Waals surface area contributed by atoms with Gasteiger partial charge in [0.1, 0.15) is 28.3 Å². The third-order valence-corrected chi connectivity index (χ3v) is 3.45. The molecule has 1 unspecified atom stereocenters. The standard InChI is InChI=1S/C10H14N4OS2/c1-17-9-4-8(12-6-13-9)14-2-3-15-7(5-14)10(11)16/h4,6-7H,2-3,5H2,1H3,(H2,11,16). The molecule has 1 aromatic heterocycles. The summed E-state index contributed by atoms with van der Waals surface area (Å²) in [6.07, 6.45) is 3.38. The molecule has 0 aliphatic carbocycles. The van der Waals surface area contributed by atoms with E-state index in [4.69, 9.17) is 22.7 Å². The predicted molar refractivity (Wildman–Crippen MR) is 72.6 cm³/mol. The van der Waals surface area contributed by atoms with Crippen molar-refractivity contribution in [3.8, 4) is 0 Å². The fourth-order valence-corrected chi connectivity index (χ4v) is 2.16. The van der Waals surface area contributed by atoms with E-state index in [0.29, 0.717) is 18.1 Å². The van der Waals surface area contributed by atoms with E-state index < -0.39 is 0 Å². The molecular formula is C10H14N4OS2. The van der Waals surface area contributed by atoms with Gasteiger partial charge in [-0.2, -0.15) is 0 Å². The minimum atomic E-state index is -0.188. The molecule has 0 spiro atoms. The van der Waals surface area contributed by atoms with Gasteiger partial charge >= 0.3 is 0 Å². The van der Waals surface area contributed by atoms with Gasteiger partial charge in [-0.05, 0) is 6.26 Å². The van der Waals surface area contributed by atoms with Gasteiger partial charge < -0.3 is 15.4 Å². The summed E-state index contributed by atoms with van der Waals surface area (Å²) in [6.45, 7) is 2.06. The van der Waals surface area contributed by atoms with E-state index in [1.165, 1.54) is 0 Å². The molecule has 2 heterocycles. The summed E-state index contributed by atoms with van der Waals surface area (Å²) < 4.78 is 5.49. The summed E-state index contributed by atoms with van der Waals surface area (Å²) in [5.41, 5.74) is 5.61. The van der Waals surface area contributed by atoms with Gasteiger partial charge in [-0.15, -0.1) is 11.8 Å². The van der Waals surface area contributed by atoms with E-state index in [0.717, 1.165) is 17.4 Å². The van der Waals surface area contributed by atoms with Crippen LogP contribution in [0.15, 0.2) is 17.4 Å². The molecule has 17 heavy (non-hydrogen) atoms. The lowest BCUT2D eigenvalue weighted by atomic mass is 10.2. The molecule has 92 valence electrons. The first-order valence-electron chi connectivity index (χ1n) is 5.22. The summed E-state index contributed by atoms with van der Waals surface area (Å²) in [7, 11) is 0. The van der Waals surface area contributed by atoms with Crippen molar-refractivity contribution in [2.45, 2.75) is 11.1 Å². The molecule has 1 atom stereocenters. The zero-order valence-corrected chi connectivity index (χ0v) is 11.1. The zero-order chi connectivity index (χ0) is 12.3. The van der Waals surface area contributed by atoms with Crippen molar-refractivity contribution in [2.75, 3.05) is 30.9 Å². The Morgan fingerprint density at radius 2 is 2.47 bits per heavy atom. The molecule has 0 amide bonds. The first-order chi connectivity index (χ1) is 8.20. The van der Waals surface area contributed by atoms with Crippen LogP contribution in [-0.4, -0.2) is 47.0 Å². The van der Waals surface area contributed by atoms with Crippen LogP contribution in [0.2, 0.25) is 0 Å². The zero-order valence-electron chi connectivity index (χ0n) is 9.50. The van der Waals surface area contributed by atoms with Crippen LogP contribution in [0.3, 0.4) is 0 Å². The number of anilines is 1. The third kappa shape index (κ3) is 3.05. The Morgan fingerprint density at radius 1 is 1.65 bits per heavy atom. The number of thiocarbonyl (C=S) groups is 1. The van der Waals surface area contributed by atoms with Crippen molar-refractivity contribution in [3.63, 3.8) is 0 Å². The fourth-order valence-electron chi connectivity index (χ4n) is 1.64. The van der Waals surface area contributed by atoms with Crippen LogP contribution in [-0.2, 0) is 4.74 Å². The van der Waals surface area contributed by atoms with Crippen molar-refractivity contribution in [3.05, 3.63) is 12.4 Å². The van der Waals surface area contributed by atoms with Crippen molar-refractivity contribution in [1.82, 2.24) is 9.97 Å². The number of morpholine rings is 1. The van der Waals surface area contributed by atoms with E-state index in [2.05, 4.69) is 14.9 Å². The second-order valence-electron chi connectivity index (χ2n) is 3.63. The quantitative estimate of drug-likeness (QED) is 0.492. The van der Waals surface area contributed by atoms with Crippen LogP contribution in [0.4, 0.5) is 5.82 Å². The Labute approximate surface area is 110 Å². The third-order valence-electron chi connectivity index (χ3n) is 2.54. The molecule has 2 N–H and O–H groups in total. The largest absolute Gasteiger partial charge is 0.391 e. The Morgan fingerprint density at radius 3 is 3.18 bits per heavy atom. The van der Waals surface area contributed by atoms with Gasteiger partial charge in [0.25, 0.3) is 0 Å². The number of aromatic nitrogens is 2. The van der Waals surface area contributed by atoms with E-state index in [1.54, 1.807) is 18.1 Å². The molecule has 1 saturated heterocycles. The summed E-state index contributed by atoms with van der Waals surface area (Å²) in [5.74, 6) is 0.897. The predicted octanol–water partition coefficient (Wildman–Crippen LogP) is 0.690. The fraction of sp³-hybridized carbons (Fsp3) is 0.500. The lowest BCUT2D eigenvalue weighted by molar-refractivity contribution is 0.0844. The van der Waals surface area contributed by atoms with E-state index in [-0.39, 0.29) is 6.10 Å². The van der Waals surface area contributed by atoms with Crippen LogP contribution < -0.4 is 10.6 Å². The maximum atomic E-state index is 5.61. The molecule has 7 heteroatoms. The van der Waals surface area contributed by atoms with Crippen LogP contribution >= 0.6 is 24.0 Å². The van der Waals surface area contributed by atoms with Gasteiger partial charge in [0.15, 0.2) is 0 Å². The molecule has 5 nitrogen and oxygen atoms in total. The topological polar surface area (TPSA) is 64.3 Å². The van der Waals surface area contributed by atoms with Gasteiger partial charge in [0.05, 0.1) is 13.2 Å². The second kappa shape index (κ2) is 5.61. The Bertz CT molecular complexity index is 415. The lowest BCUT2D eigenvalue weighted by Crippen LogP contribution is -2.48. The van der Waals surface area contributed by atoms with Crippen molar-refractivity contribution >= 4 is 34.8 Å². The van der Waals surface area contributed by atoms with Gasteiger partial charge in [0.2, 0.25) is 0 Å². The molecule has 0 aromatic carbocycles. The molecule has 0 saturated carbocycles. The molecule has 0 bridgehead atoms. The van der Waals surface area contributed by atoms with Crippen LogP contribution in [0.25, 0.3) is 0 Å². The smallest absolute Gasteiger partial charge is 0.133 e. The van der Waals surface area contributed by atoms with Crippen LogP contribution in [0.1, 0.15) is 0 Å². The summed E-state index contributed by atoms with van der Waals surface area (Å²) in [6, 6.07) is 1.96. The highest BCUT2D eigenvalue weighted by Gasteiger charge is 2.23. The molecule has 1 fully saturated rings. The van der Waals surface area contributed by atoms with Gasteiger partial charge in [-0.25, -0.2) is 9.97 Å². The maximum Gasteiger partial charge on any atom is 0.133 e. The molecule has 2 rings (SSSR count). The molecule has 0 radical (unpaired) electrons. The number of hydrogen-bond acceptors (Lipinski definition) is 6. The highest BCUT2D eigenvalue weighted by molar-refractivity contribution is 7.98. The monoisotopic (exact) mass is 270 g/mol. The highest BCUT2D eigenvalue weighted by Crippen LogP contribution is 2.19. The van der Waals surface area contributed by atoms with Crippen molar-refractivity contribution in [1.29, 1.82) is 0 Å². The van der Waals surface area contributed by atoms with Crippen LogP contribution in [0, 0.1) is 0 Å². The van der Waals surface area contributed by atoms with Crippen molar-refractivity contribution in [2.24, 2.45) is 5.73 Å². The molecular weight excluding hydrogens is 256 g/mol. The van der Waals surface area contributed by atoms with E-state index in [9.17, 15) is 0 Å². The summed E-state index contributed by atoms with van der Waals surface area (Å²) in [5, 5.41) is 0.952. The first-order valence-corrected chi connectivity index (χ1v) is 6.86. The Balaban J connectivity index is 2.13. The lowest BCUT2D eigenvalue weighted by Gasteiger charge is -2.33. The second-order valence-corrected chi connectivity index (χ2v) is 4.92. The maximum absolute atomic E-state index is 5.61. The Hall–Kier alpha value is -0.920. The summed E-state index contributed by atoms with van der Waals surface area (Å²) >= 11 is 6.55. The number of nitrogens with two attached hydrogens (primary N) is 1. The van der Waals surface area contributed by atoms with Gasteiger partial charge in [-0.3, -0.25) is 0 Å². The minimum Gasteiger partial charge on any atom is -0.391 e. The molecule has 1 aliphatic heterocycles. The van der Waals surface area contributed by atoms with E-state index in [1.807, 2.05) is 12.3 Å². The SMILES string of the molecule is CSc1cc(N2CCOC(C(N)=S)C2)ncn1. The van der Waals surface area contributed by atoms with Gasteiger partial charge in [0, 0.05) is 12.6 Å². The number of thioether (sulfide) groups is 1. The number of hydrogen-bond donors (Lipinski definition) is 1. The number of nitrogens with zero attached hydrogens (tertiary/aromatic N) is 3. The van der Waals surface area contributed by atoms with Crippen LogP contribution in [0.5, 0.6) is 0 Å². The van der Waals surface area contributed by atoms with Gasteiger partial charge in [-0.1, -0.05) is 12.2 Å². The minimum absolute atomic E-state index is 0.188. The summed E-state index contributed by atoms with van der Waals surface area (Å²) in [4.78, 5) is 10.9. The average Bonchev–Trinajstić information content (AvgIpc) is 2.39. The molecule has 1 aliphatic rings. The van der Waals surface area contributed by atoms with E-state index >= 15 is 0 Å². The first kappa shape index (κ1) is 12.5. The highest BCUT2D eigenvalue weighted by atomic mass is 32.2. The average molecular weight is 270 g/mol. The van der Waals surface area contributed by atoms with Crippen molar-refractivity contribution < 1.29 is 4.74 Å². The number of rotatable bonds is 3.